The molecule has 3 rings (SSSR count). The number of nitrogens with one attached hydrogen (secondary N) is 2. The zero-order valence-electron chi connectivity index (χ0n) is 19.2. The van der Waals surface area contributed by atoms with Gasteiger partial charge < -0.3 is 15.2 Å². The number of fused-ring (bicyclic) bond motifs is 1. The molecule has 0 aliphatic carbocycles. The molecule has 2 N–H and O–H groups in total. The summed E-state index contributed by atoms with van der Waals surface area (Å²) in [7, 11) is -3.20. The number of guanidine groups is 1. The van der Waals surface area contributed by atoms with Crippen LogP contribution in [0.15, 0.2) is 28.1 Å². The van der Waals surface area contributed by atoms with Crippen molar-refractivity contribution in [3.63, 3.8) is 0 Å². The van der Waals surface area contributed by atoms with Gasteiger partial charge in [-0.1, -0.05) is 18.6 Å². The highest BCUT2D eigenvalue weighted by Crippen LogP contribution is 2.17. The van der Waals surface area contributed by atoms with Crippen LogP contribution in [0.25, 0.3) is 0 Å². The molecule has 32 heavy (non-hydrogen) atoms. The Morgan fingerprint density at radius 1 is 1.19 bits per heavy atom. The summed E-state index contributed by atoms with van der Waals surface area (Å²) >= 11 is 0. The van der Waals surface area contributed by atoms with Gasteiger partial charge in [0.15, 0.2) is 15.8 Å². The van der Waals surface area contributed by atoms with E-state index in [1.807, 2.05) is 26.0 Å². The predicted octanol–water partition coefficient (Wildman–Crippen LogP) is 3.02. The van der Waals surface area contributed by atoms with E-state index in [0.717, 1.165) is 67.6 Å². The number of aromatic nitrogens is 3. The van der Waals surface area contributed by atoms with Crippen molar-refractivity contribution >= 4 is 39.8 Å². The topological polar surface area (TPSA) is 101 Å². The Morgan fingerprint density at radius 2 is 2.00 bits per heavy atom. The molecule has 0 saturated carbocycles. The van der Waals surface area contributed by atoms with E-state index in [1.165, 1.54) is 25.5 Å². The molecule has 2 aromatic rings. The van der Waals surface area contributed by atoms with Gasteiger partial charge in [-0.05, 0) is 50.3 Å². The maximum atomic E-state index is 11.8. The van der Waals surface area contributed by atoms with Crippen LogP contribution in [0.4, 0.5) is 0 Å². The minimum atomic E-state index is -3.20. The van der Waals surface area contributed by atoms with E-state index < -0.39 is 9.84 Å². The number of aryl methyl sites for hydroxylation is 3. The Balaban J connectivity index is 0.00000363. The first-order valence-electron chi connectivity index (χ1n) is 11.1. The summed E-state index contributed by atoms with van der Waals surface area (Å²) < 4.78 is 25.9. The fraction of sp³-hybridized carbons (Fsp3) is 0.591. The summed E-state index contributed by atoms with van der Waals surface area (Å²) in [5.74, 6) is 2.97. The van der Waals surface area contributed by atoms with Gasteiger partial charge in [0.1, 0.15) is 11.6 Å². The van der Waals surface area contributed by atoms with E-state index in [2.05, 4.69) is 30.4 Å². The van der Waals surface area contributed by atoms with Crippen molar-refractivity contribution in [2.45, 2.75) is 70.4 Å². The fourth-order valence-electron chi connectivity index (χ4n) is 3.92. The van der Waals surface area contributed by atoms with Crippen LogP contribution in [0, 0.1) is 6.92 Å². The normalized spacial score (nSPS) is 14.3. The number of benzene rings is 1. The molecule has 1 aliphatic heterocycles. The van der Waals surface area contributed by atoms with E-state index in [4.69, 9.17) is 0 Å². The lowest BCUT2D eigenvalue weighted by atomic mass is 10.1. The van der Waals surface area contributed by atoms with Gasteiger partial charge in [0.25, 0.3) is 0 Å². The maximum absolute atomic E-state index is 11.8. The van der Waals surface area contributed by atoms with Crippen molar-refractivity contribution in [3.8, 4) is 0 Å². The third-order valence-electron chi connectivity index (χ3n) is 5.46. The van der Waals surface area contributed by atoms with Crippen molar-refractivity contribution < 1.29 is 8.42 Å². The van der Waals surface area contributed by atoms with Gasteiger partial charge in [-0.2, -0.15) is 0 Å². The van der Waals surface area contributed by atoms with Crippen LogP contribution in [-0.4, -0.2) is 48.5 Å². The number of hydrogen-bond donors (Lipinski definition) is 2. The summed E-state index contributed by atoms with van der Waals surface area (Å²) in [5, 5.41) is 15.4. The molecule has 0 unspecified atom stereocenters. The van der Waals surface area contributed by atoms with Crippen molar-refractivity contribution in [1.29, 1.82) is 0 Å². The van der Waals surface area contributed by atoms with E-state index in [0.29, 0.717) is 11.4 Å². The molecule has 0 saturated heterocycles. The zero-order valence-corrected chi connectivity index (χ0v) is 22.4. The number of halogens is 1. The molecular formula is C22H35IN6O2S. The summed E-state index contributed by atoms with van der Waals surface area (Å²) in [5.41, 5.74) is 1.73. The van der Waals surface area contributed by atoms with Gasteiger partial charge in [0.2, 0.25) is 0 Å². The summed E-state index contributed by atoms with van der Waals surface area (Å²) in [6.07, 6.45) is 7.79. The molecule has 1 aliphatic rings. The van der Waals surface area contributed by atoms with E-state index in [9.17, 15) is 8.42 Å². The molecule has 1 aromatic carbocycles. The highest BCUT2D eigenvalue weighted by molar-refractivity contribution is 14.0. The molecule has 10 heteroatoms. The molecule has 1 aromatic heterocycles. The molecule has 0 fully saturated rings. The lowest BCUT2D eigenvalue weighted by Crippen LogP contribution is -2.37. The zero-order chi connectivity index (χ0) is 22.3. The minimum Gasteiger partial charge on any atom is -0.357 e. The Hall–Kier alpha value is -1.69. The Labute approximate surface area is 208 Å². The Kier molecular flexibility index (Phi) is 10.4. The second kappa shape index (κ2) is 12.5. The van der Waals surface area contributed by atoms with Gasteiger partial charge in [0.05, 0.1) is 11.4 Å². The first-order chi connectivity index (χ1) is 14.9. The Morgan fingerprint density at radius 3 is 2.72 bits per heavy atom. The summed E-state index contributed by atoms with van der Waals surface area (Å²) in [6, 6.07) is 5.38. The molecular weight excluding hydrogens is 539 g/mol. The smallest absolute Gasteiger partial charge is 0.191 e. The lowest BCUT2D eigenvalue weighted by Gasteiger charge is -2.12. The monoisotopic (exact) mass is 574 g/mol. The second-order valence-corrected chi connectivity index (χ2v) is 10.1. The third kappa shape index (κ3) is 7.43. The predicted molar refractivity (Wildman–Crippen MR) is 138 cm³/mol. The maximum Gasteiger partial charge on any atom is 0.191 e. The first kappa shape index (κ1) is 26.6. The molecule has 0 radical (unpaired) electrons. The number of hydrogen-bond acceptors (Lipinski definition) is 5. The van der Waals surface area contributed by atoms with Crippen LogP contribution in [0.1, 0.15) is 55.4 Å². The molecule has 0 atom stereocenters. The van der Waals surface area contributed by atoms with Crippen LogP contribution >= 0.6 is 24.0 Å². The molecule has 0 amide bonds. The van der Waals surface area contributed by atoms with Gasteiger partial charge in [-0.3, -0.25) is 0 Å². The van der Waals surface area contributed by atoms with Crippen LogP contribution in [0.3, 0.4) is 0 Å². The van der Waals surface area contributed by atoms with Crippen LogP contribution in [0.5, 0.6) is 0 Å². The average molecular weight is 575 g/mol. The first-order valence-corrected chi connectivity index (χ1v) is 13.0. The minimum absolute atomic E-state index is 0. The van der Waals surface area contributed by atoms with Crippen molar-refractivity contribution in [2.24, 2.45) is 4.99 Å². The lowest BCUT2D eigenvalue weighted by molar-refractivity contribution is 0.594. The highest BCUT2D eigenvalue weighted by Gasteiger charge is 2.14. The second-order valence-electron chi connectivity index (χ2n) is 8.09. The average Bonchev–Trinajstić information content (AvgIpc) is 2.94. The van der Waals surface area contributed by atoms with Crippen molar-refractivity contribution in [2.75, 3.05) is 19.3 Å². The highest BCUT2D eigenvalue weighted by atomic mass is 127. The molecule has 8 nitrogen and oxygen atoms in total. The molecule has 0 bridgehead atoms. The van der Waals surface area contributed by atoms with Crippen LogP contribution < -0.4 is 10.6 Å². The standard InChI is InChI=1S/C22H34N6O2S.HI/c1-4-23-22(25-16-18-11-12-19(17(2)15-18)31(3,29)30)24-13-8-10-21-27-26-20-9-6-5-7-14-28(20)21;/h11-12,15H,4-10,13-14,16H2,1-3H3,(H2,23,24,25);1H. The Bertz CT molecular complexity index is 1020. The summed E-state index contributed by atoms with van der Waals surface area (Å²) in [6.45, 7) is 6.94. The van der Waals surface area contributed by atoms with Crippen LogP contribution in [-0.2, 0) is 35.8 Å². The van der Waals surface area contributed by atoms with Crippen LogP contribution in [0.2, 0.25) is 0 Å². The van der Waals surface area contributed by atoms with E-state index >= 15 is 0 Å². The van der Waals surface area contributed by atoms with Crippen molar-refractivity contribution in [3.05, 3.63) is 41.0 Å². The largest absolute Gasteiger partial charge is 0.357 e. The quantitative estimate of drug-likeness (QED) is 0.218. The number of aliphatic imine (C=N–C) groups is 1. The summed E-state index contributed by atoms with van der Waals surface area (Å²) in [4.78, 5) is 5.02. The third-order valence-corrected chi connectivity index (χ3v) is 6.72. The van der Waals surface area contributed by atoms with E-state index in [1.54, 1.807) is 6.07 Å². The number of nitrogens with zero attached hydrogens (tertiary/aromatic N) is 4. The van der Waals surface area contributed by atoms with Gasteiger partial charge >= 0.3 is 0 Å². The number of rotatable bonds is 8. The molecule has 0 spiro atoms. The molecule has 2 heterocycles. The molecule has 178 valence electrons. The van der Waals surface area contributed by atoms with Gasteiger partial charge in [-0.15, -0.1) is 34.2 Å². The van der Waals surface area contributed by atoms with Gasteiger partial charge in [-0.25, -0.2) is 13.4 Å². The van der Waals surface area contributed by atoms with Crippen molar-refractivity contribution in [1.82, 2.24) is 25.4 Å². The van der Waals surface area contributed by atoms with Gasteiger partial charge in [0, 0.05) is 38.7 Å². The fourth-order valence-corrected chi connectivity index (χ4v) is 4.88. The van der Waals surface area contributed by atoms with E-state index in [-0.39, 0.29) is 24.0 Å². The SMILES string of the molecule is CCNC(=NCc1ccc(S(C)(=O)=O)c(C)c1)NCCCc1nnc2n1CCCCC2.I. The number of sulfone groups is 1.